The number of rotatable bonds is 7. The van der Waals surface area contributed by atoms with E-state index in [1.165, 1.54) is 16.7 Å². The van der Waals surface area contributed by atoms with Crippen molar-refractivity contribution in [2.45, 2.75) is 45.8 Å². The van der Waals surface area contributed by atoms with Gasteiger partial charge in [0, 0.05) is 32.7 Å². The van der Waals surface area contributed by atoms with E-state index < -0.39 is 5.60 Å². The van der Waals surface area contributed by atoms with Crippen LogP contribution in [-0.4, -0.2) is 31.0 Å². The zero-order valence-electron chi connectivity index (χ0n) is 12.8. The van der Waals surface area contributed by atoms with Gasteiger partial charge in [0.1, 0.15) is 0 Å². The van der Waals surface area contributed by atoms with E-state index in [2.05, 4.69) is 44.3 Å². The lowest BCUT2D eigenvalue weighted by Gasteiger charge is -2.26. The summed E-state index contributed by atoms with van der Waals surface area (Å²) in [4.78, 5) is 0. The molecule has 3 nitrogen and oxygen atoms in total. The number of nitrogens with one attached hydrogen (secondary N) is 1. The molecule has 2 atom stereocenters. The number of hydrogen-bond acceptors (Lipinski definition) is 3. The lowest BCUT2D eigenvalue weighted by molar-refractivity contribution is 0.0231. The third-order valence-corrected chi connectivity index (χ3v) is 3.38. The summed E-state index contributed by atoms with van der Waals surface area (Å²) in [6.07, 6.45) is 0.635. The number of aryl methyl sites for hydroxylation is 2. The van der Waals surface area contributed by atoms with Crippen LogP contribution >= 0.6 is 0 Å². The second-order valence-corrected chi connectivity index (χ2v) is 5.76. The number of methoxy groups -OCH3 is 1. The molecule has 0 saturated heterocycles. The molecule has 1 rings (SSSR count). The molecule has 108 valence electrons. The fourth-order valence-electron chi connectivity index (χ4n) is 2.16. The molecule has 1 aromatic carbocycles. The van der Waals surface area contributed by atoms with E-state index in [0.29, 0.717) is 19.6 Å². The maximum atomic E-state index is 10.2. The highest BCUT2D eigenvalue weighted by Crippen LogP contribution is 2.18. The van der Waals surface area contributed by atoms with Crippen LogP contribution in [0.25, 0.3) is 0 Å². The van der Waals surface area contributed by atoms with E-state index >= 15 is 0 Å². The van der Waals surface area contributed by atoms with Crippen LogP contribution in [0.1, 0.15) is 43.0 Å². The van der Waals surface area contributed by atoms with Crippen molar-refractivity contribution in [3.63, 3.8) is 0 Å². The van der Waals surface area contributed by atoms with Crippen molar-refractivity contribution < 1.29 is 9.84 Å². The van der Waals surface area contributed by atoms with Crippen LogP contribution in [0.3, 0.4) is 0 Å². The largest absolute Gasteiger partial charge is 0.389 e. The van der Waals surface area contributed by atoms with E-state index in [1.54, 1.807) is 7.11 Å². The van der Waals surface area contributed by atoms with Gasteiger partial charge in [-0.05, 0) is 33.3 Å². The second kappa shape index (κ2) is 7.04. The van der Waals surface area contributed by atoms with Gasteiger partial charge in [-0.25, -0.2) is 0 Å². The first-order valence-corrected chi connectivity index (χ1v) is 6.87. The van der Waals surface area contributed by atoms with E-state index in [9.17, 15) is 5.11 Å². The summed E-state index contributed by atoms with van der Waals surface area (Å²) in [6, 6.07) is 6.78. The summed E-state index contributed by atoms with van der Waals surface area (Å²) in [5.74, 6) is 0. The second-order valence-electron chi connectivity index (χ2n) is 5.76. The molecule has 1 aromatic rings. The van der Waals surface area contributed by atoms with Crippen molar-refractivity contribution >= 4 is 0 Å². The molecule has 0 spiro atoms. The summed E-state index contributed by atoms with van der Waals surface area (Å²) in [5.41, 5.74) is 3.08. The van der Waals surface area contributed by atoms with Gasteiger partial charge in [-0.3, -0.25) is 0 Å². The summed E-state index contributed by atoms with van der Waals surface area (Å²) >= 11 is 0. The third kappa shape index (κ3) is 5.72. The standard InChI is InChI=1S/C16H27NO2/c1-12-8-13(2)10-15(9-12)14(3)17-11-16(4,18)6-7-19-5/h8-10,14,17-18H,6-7,11H2,1-5H3. The SMILES string of the molecule is COCCC(C)(O)CNC(C)c1cc(C)cc(C)c1. The van der Waals surface area contributed by atoms with Crippen molar-refractivity contribution in [2.75, 3.05) is 20.3 Å². The van der Waals surface area contributed by atoms with Crippen LogP contribution in [-0.2, 0) is 4.74 Å². The molecule has 3 heteroatoms. The minimum absolute atomic E-state index is 0.229. The maximum Gasteiger partial charge on any atom is 0.0765 e. The average Bonchev–Trinajstić information content (AvgIpc) is 2.32. The minimum Gasteiger partial charge on any atom is -0.389 e. The summed E-state index contributed by atoms with van der Waals surface area (Å²) in [7, 11) is 1.65. The minimum atomic E-state index is -0.733. The van der Waals surface area contributed by atoms with E-state index in [0.717, 1.165) is 0 Å². The Bertz CT molecular complexity index is 381. The Morgan fingerprint density at radius 2 is 1.84 bits per heavy atom. The summed E-state index contributed by atoms with van der Waals surface area (Å²) < 4.78 is 5.01. The van der Waals surface area contributed by atoms with Crippen LogP contribution in [0.4, 0.5) is 0 Å². The van der Waals surface area contributed by atoms with Crippen LogP contribution in [0.15, 0.2) is 18.2 Å². The highest BCUT2D eigenvalue weighted by Gasteiger charge is 2.20. The lowest BCUT2D eigenvalue weighted by atomic mass is 9.99. The molecule has 0 aliphatic carbocycles. The molecule has 0 heterocycles. The molecule has 0 aliphatic heterocycles. The quantitative estimate of drug-likeness (QED) is 0.796. The number of hydrogen-bond donors (Lipinski definition) is 2. The molecule has 0 radical (unpaired) electrons. The zero-order valence-corrected chi connectivity index (χ0v) is 12.8. The Morgan fingerprint density at radius 3 is 2.37 bits per heavy atom. The van der Waals surface area contributed by atoms with Gasteiger partial charge in [-0.15, -0.1) is 0 Å². The molecule has 0 amide bonds. The molecular formula is C16H27NO2. The number of benzene rings is 1. The van der Waals surface area contributed by atoms with Gasteiger partial charge >= 0.3 is 0 Å². The van der Waals surface area contributed by atoms with Gasteiger partial charge in [0.2, 0.25) is 0 Å². The zero-order chi connectivity index (χ0) is 14.5. The van der Waals surface area contributed by atoms with Gasteiger partial charge in [0.25, 0.3) is 0 Å². The fourth-order valence-corrected chi connectivity index (χ4v) is 2.16. The Balaban J connectivity index is 2.57. The normalized spacial score (nSPS) is 16.1. The lowest BCUT2D eigenvalue weighted by Crippen LogP contribution is -2.39. The van der Waals surface area contributed by atoms with Crippen LogP contribution in [0.5, 0.6) is 0 Å². The van der Waals surface area contributed by atoms with E-state index in [-0.39, 0.29) is 6.04 Å². The molecule has 0 aromatic heterocycles. The van der Waals surface area contributed by atoms with E-state index in [1.807, 2.05) is 6.92 Å². The number of aliphatic hydroxyl groups is 1. The van der Waals surface area contributed by atoms with Crippen LogP contribution < -0.4 is 5.32 Å². The molecule has 0 bridgehead atoms. The van der Waals surface area contributed by atoms with Crippen molar-refractivity contribution in [2.24, 2.45) is 0 Å². The van der Waals surface area contributed by atoms with Crippen molar-refractivity contribution in [3.05, 3.63) is 34.9 Å². The summed E-state index contributed by atoms with van der Waals surface area (Å²) in [6.45, 7) is 9.32. The van der Waals surface area contributed by atoms with Crippen molar-refractivity contribution in [1.82, 2.24) is 5.32 Å². The molecule has 0 saturated carbocycles. The highest BCUT2D eigenvalue weighted by atomic mass is 16.5. The summed E-state index contributed by atoms with van der Waals surface area (Å²) in [5, 5.41) is 13.6. The van der Waals surface area contributed by atoms with Gasteiger partial charge in [0.15, 0.2) is 0 Å². The van der Waals surface area contributed by atoms with Crippen LogP contribution in [0, 0.1) is 13.8 Å². The van der Waals surface area contributed by atoms with Crippen LogP contribution in [0.2, 0.25) is 0 Å². The Labute approximate surface area is 117 Å². The topological polar surface area (TPSA) is 41.5 Å². The van der Waals surface area contributed by atoms with Gasteiger partial charge in [0.05, 0.1) is 5.60 Å². The van der Waals surface area contributed by atoms with Gasteiger partial charge in [-0.1, -0.05) is 29.3 Å². The maximum absolute atomic E-state index is 10.2. The molecule has 2 unspecified atom stereocenters. The number of ether oxygens (including phenoxy) is 1. The van der Waals surface area contributed by atoms with Gasteiger partial charge in [-0.2, -0.15) is 0 Å². The predicted molar refractivity (Wildman–Crippen MR) is 79.5 cm³/mol. The third-order valence-electron chi connectivity index (χ3n) is 3.38. The average molecular weight is 265 g/mol. The Kier molecular flexibility index (Phi) is 5.98. The smallest absolute Gasteiger partial charge is 0.0765 e. The Morgan fingerprint density at radius 1 is 1.26 bits per heavy atom. The first-order chi connectivity index (χ1) is 8.84. The first-order valence-electron chi connectivity index (χ1n) is 6.87. The fraction of sp³-hybridized carbons (Fsp3) is 0.625. The molecular weight excluding hydrogens is 238 g/mol. The van der Waals surface area contributed by atoms with E-state index in [4.69, 9.17) is 4.74 Å². The Hall–Kier alpha value is -0.900. The van der Waals surface area contributed by atoms with Gasteiger partial charge < -0.3 is 15.2 Å². The first kappa shape index (κ1) is 16.2. The molecule has 0 fully saturated rings. The molecule has 0 aliphatic rings. The molecule has 2 N–H and O–H groups in total. The highest BCUT2D eigenvalue weighted by molar-refractivity contribution is 5.30. The van der Waals surface area contributed by atoms with Crippen molar-refractivity contribution in [3.8, 4) is 0 Å². The van der Waals surface area contributed by atoms with Crippen molar-refractivity contribution in [1.29, 1.82) is 0 Å². The monoisotopic (exact) mass is 265 g/mol. The molecule has 19 heavy (non-hydrogen) atoms. The predicted octanol–water partition coefficient (Wildman–Crippen LogP) is 2.74.